The van der Waals surface area contributed by atoms with Crippen molar-refractivity contribution in [1.29, 1.82) is 0 Å². The first-order valence-electron chi connectivity index (χ1n) is 9.89. The van der Waals surface area contributed by atoms with Gasteiger partial charge in [0.2, 0.25) is 0 Å². The van der Waals surface area contributed by atoms with Crippen LogP contribution in [0.1, 0.15) is 33.0 Å². The summed E-state index contributed by atoms with van der Waals surface area (Å²) >= 11 is 0. The number of amides is 1. The average molecular weight is 425 g/mol. The summed E-state index contributed by atoms with van der Waals surface area (Å²) in [6.07, 6.45) is 0.835. The summed E-state index contributed by atoms with van der Waals surface area (Å²) in [5, 5.41) is 12.2. The molecule has 0 fully saturated rings. The Morgan fingerprint density at radius 2 is 1.74 bits per heavy atom. The fourth-order valence-corrected chi connectivity index (χ4v) is 3.43. The van der Waals surface area contributed by atoms with E-state index in [1.54, 1.807) is 45.6 Å². The van der Waals surface area contributed by atoms with Gasteiger partial charge in [0.15, 0.2) is 5.76 Å². The standard InChI is InChI=1S/C24H27NO6/c1-15-6-5-7-16(10-11-26)23(15)25-24(27)20-9-8-17(31-20)12-19-21(29-3)13-18(28-2)14-22(19)30-4/h5-9,13-14,26H,10-12H2,1-4H3,(H,25,27). The Morgan fingerprint density at radius 1 is 1.03 bits per heavy atom. The summed E-state index contributed by atoms with van der Waals surface area (Å²) in [6, 6.07) is 12.6. The summed E-state index contributed by atoms with van der Waals surface area (Å²) in [5.41, 5.74) is 3.27. The van der Waals surface area contributed by atoms with Gasteiger partial charge in [0.25, 0.3) is 5.91 Å². The van der Waals surface area contributed by atoms with Crippen LogP contribution in [0.15, 0.2) is 46.9 Å². The number of aliphatic hydroxyl groups is 1. The minimum Gasteiger partial charge on any atom is -0.496 e. The number of aliphatic hydroxyl groups excluding tert-OH is 1. The van der Waals surface area contributed by atoms with Crippen LogP contribution in [0, 0.1) is 6.92 Å². The van der Waals surface area contributed by atoms with E-state index >= 15 is 0 Å². The Morgan fingerprint density at radius 3 is 2.35 bits per heavy atom. The largest absolute Gasteiger partial charge is 0.496 e. The zero-order valence-corrected chi connectivity index (χ0v) is 18.2. The predicted octanol–water partition coefficient (Wildman–Crippen LogP) is 3.99. The number of carbonyl (C=O) groups excluding carboxylic acids is 1. The first-order valence-corrected chi connectivity index (χ1v) is 9.89. The average Bonchev–Trinajstić information content (AvgIpc) is 3.25. The lowest BCUT2D eigenvalue weighted by Crippen LogP contribution is -2.14. The number of hydrogen-bond donors (Lipinski definition) is 2. The van der Waals surface area contributed by atoms with Gasteiger partial charge in [0.05, 0.1) is 21.3 Å². The highest BCUT2D eigenvalue weighted by atomic mass is 16.5. The molecule has 7 nitrogen and oxygen atoms in total. The molecule has 0 bridgehead atoms. The fraction of sp³-hybridized carbons (Fsp3) is 0.292. The van der Waals surface area contributed by atoms with E-state index in [0.717, 1.165) is 16.7 Å². The van der Waals surface area contributed by atoms with Gasteiger partial charge >= 0.3 is 0 Å². The third kappa shape index (κ3) is 5.00. The maximum Gasteiger partial charge on any atom is 0.291 e. The predicted molar refractivity (Wildman–Crippen MR) is 118 cm³/mol. The van der Waals surface area contributed by atoms with Crippen LogP contribution in [0.5, 0.6) is 17.2 Å². The lowest BCUT2D eigenvalue weighted by molar-refractivity contribution is 0.0995. The van der Waals surface area contributed by atoms with Crippen molar-refractivity contribution in [2.24, 2.45) is 0 Å². The quantitative estimate of drug-likeness (QED) is 0.539. The van der Waals surface area contributed by atoms with Gasteiger partial charge in [-0.05, 0) is 36.6 Å². The molecule has 1 aromatic heterocycles. The summed E-state index contributed by atoms with van der Waals surface area (Å²) in [6.45, 7) is 1.91. The molecule has 3 rings (SSSR count). The van der Waals surface area contributed by atoms with Gasteiger partial charge in [-0.25, -0.2) is 0 Å². The van der Waals surface area contributed by atoms with E-state index in [1.807, 2.05) is 25.1 Å². The molecule has 2 N–H and O–H groups in total. The topological polar surface area (TPSA) is 90.2 Å². The van der Waals surface area contributed by atoms with Gasteiger partial charge < -0.3 is 29.1 Å². The number of carbonyl (C=O) groups is 1. The monoisotopic (exact) mass is 425 g/mol. The molecular weight excluding hydrogens is 398 g/mol. The van der Waals surface area contributed by atoms with E-state index in [-0.39, 0.29) is 18.3 Å². The fourth-order valence-electron chi connectivity index (χ4n) is 3.43. The van der Waals surface area contributed by atoms with Gasteiger partial charge in [0, 0.05) is 36.4 Å². The van der Waals surface area contributed by atoms with E-state index < -0.39 is 0 Å². The highest BCUT2D eigenvalue weighted by molar-refractivity contribution is 6.03. The van der Waals surface area contributed by atoms with Gasteiger partial charge in [-0.3, -0.25) is 4.79 Å². The van der Waals surface area contributed by atoms with E-state index in [4.69, 9.17) is 18.6 Å². The molecule has 0 atom stereocenters. The number of anilines is 1. The molecule has 7 heteroatoms. The summed E-state index contributed by atoms with van der Waals surface area (Å²) in [4.78, 5) is 12.8. The lowest BCUT2D eigenvalue weighted by Gasteiger charge is -2.14. The number of furan rings is 1. The third-order valence-electron chi connectivity index (χ3n) is 5.03. The zero-order valence-electron chi connectivity index (χ0n) is 18.2. The van der Waals surface area contributed by atoms with E-state index in [9.17, 15) is 9.90 Å². The highest BCUT2D eigenvalue weighted by Crippen LogP contribution is 2.36. The van der Waals surface area contributed by atoms with Crippen molar-refractivity contribution in [2.45, 2.75) is 19.8 Å². The van der Waals surface area contributed by atoms with Crippen LogP contribution in [0.4, 0.5) is 5.69 Å². The van der Waals surface area contributed by atoms with Crippen molar-refractivity contribution in [3.05, 3.63) is 70.7 Å². The number of ether oxygens (including phenoxy) is 3. The van der Waals surface area contributed by atoms with Crippen molar-refractivity contribution in [3.8, 4) is 17.2 Å². The van der Waals surface area contributed by atoms with Crippen LogP contribution in [-0.2, 0) is 12.8 Å². The molecular formula is C24H27NO6. The van der Waals surface area contributed by atoms with E-state index in [0.29, 0.717) is 41.5 Å². The van der Waals surface area contributed by atoms with Crippen molar-refractivity contribution >= 4 is 11.6 Å². The minimum absolute atomic E-state index is 0.00273. The summed E-state index contributed by atoms with van der Waals surface area (Å²) in [7, 11) is 4.72. The lowest BCUT2D eigenvalue weighted by atomic mass is 10.1. The van der Waals surface area contributed by atoms with Gasteiger partial charge in [0.1, 0.15) is 23.0 Å². The molecule has 0 saturated heterocycles. The molecule has 0 spiro atoms. The maximum absolute atomic E-state index is 12.8. The second kappa shape index (κ2) is 10.0. The molecule has 0 radical (unpaired) electrons. The second-order valence-corrected chi connectivity index (χ2v) is 6.99. The molecule has 0 aliphatic carbocycles. The van der Waals surface area contributed by atoms with E-state index in [2.05, 4.69) is 5.32 Å². The molecule has 1 amide bonds. The number of aryl methyl sites for hydroxylation is 1. The van der Waals surface area contributed by atoms with Gasteiger partial charge in [-0.2, -0.15) is 0 Å². The SMILES string of the molecule is COc1cc(OC)c(Cc2ccc(C(=O)Nc3c(C)cccc3CCO)o2)c(OC)c1. The Labute approximate surface area is 181 Å². The molecule has 0 aliphatic rings. The number of rotatable bonds is 9. The van der Waals surface area contributed by atoms with Crippen molar-refractivity contribution in [2.75, 3.05) is 33.3 Å². The Bertz CT molecular complexity index is 1030. The molecule has 2 aromatic carbocycles. The third-order valence-corrected chi connectivity index (χ3v) is 5.03. The Hall–Kier alpha value is -3.45. The molecule has 31 heavy (non-hydrogen) atoms. The first kappa shape index (κ1) is 22.2. The van der Waals surface area contributed by atoms with Gasteiger partial charge in [-0.15, -0.1) is 0 Å². The minimum atomic E-state index is -0.353. The Balaban J connectivity index is 1.83. The summed E-state index contributed by atoms with van der Waals surface area (Å²) < 4.78 is 22.1. The van der Waals surface area contributed by atoms with Crippen molar-refractivity contribution in [1.82, 2.24) is 0 Å². The maximum atomic E-state index is 12.8. The van der Waals surface area contributed by atoms with Crippen molar-refractivity contribution < 1.29 is 28.5 Å². The van der Waals surface area contributed by atoms with E-state index in [1.165, 1.54) is 0 Å². The molecule has 164 valence electrons. The normalized spacial score (nSPS) is 10.6. The van der Waals surface area contributed by atoms with Crippen LogP contribution in [0.2, 0.25) is 0 Å². The van der Waals surface area contributed by atoms with Crippen LogP contribution >= 0.6 is 0 Å². The summed E-state index contributed by atoms with van der Waals surface area (Å²) in [5.74, 6) is 2.26. The number of nitrogens with one attached hydrogen (secondary N) is 1. The number of methoxy groups -OCH3 is 3. The van der Waals surface area contributed by atoms with Crippen LogP contribution < -0.4 is 19.5 Å². The Kier molecular flexibility index (Phi) is 7.20. The number of benzene rings is 2. The molecule has 0 unspecified atom stereocenters. The van der Waals surface area contributed by atoms with Crippen LogP contribution in [0.3, 0.4) is 0 Å². The molecule has 1 heterocycles. The van der Waals surface area contributed by atoms with Crippen LogP contribution in [0.25, 0.3) is 0 Å². The first-order chi connectivity index (χ1) is 15.0. The number of hydrogen-bond acceptors (Lipinski definition) is 6. The van der Waals surface area contributed by atoms with Gasteiger partial charge in [-0.1, -0.05) is 18.2 Å². The van der Waals surface area contributed by atoms with Crippen LogP contribution in [-0.4, -0.2) is 38.9 Å². The smallest absolute Gasteiger partial charge is 0.291 e. The molecule has 0 aliphatic heterocycles. The molecule has 3 aromatic rings. The molecule has 0 saturated carbocycles. The zero-order chi connectivity index (χ0) is 22.4. The highest BCUT2D eigenvalue weighted by Gasteiger charge is 2.18. The second-order valence-electron chi connectivity index (χ2n) is 6.99. The number of para-hydroxylation sites is 1. The van der Waals surface area contributed by atoms with Crippen molar-refractivity contribution in [3.63, 3.8) is 0 Å².